The lowest BCUT2D eigenvalue weighted by atomic mass is 9.94. The van der Waals surface area contributed by atoms with E-state index >= 15 is 0 Å². The summed E-state index contributed by atoms with van der Waals surface area (Å²) in [6.07, 6.45) is 0.235. The Balaban J connectivity index is 1.72. The summed E-state index contributed by atoms with van der Waals surface area (Å²) in [5.41, 5.74) is 1.20. The normalized spacial score (nSPS) is 21.7. The van der Waals surface area contributed by atoms with Crippen LogP contribution in [-0.2, 0) is 22.6 Å². The Bertz CT molecular complexity index is 711. The van der Waals surface area contributed by atoms with Gasteiger partial charge < -0.3 is 24.4 Å². The minimum Gasteiger partial charge on any atom is -0.507 e. The molecule has 2 fully saturated rings. The molecule has 0 saturated carbocycles. The highest BCUT2D eigenvalue weighted by Crippen LogP contribution is 2.45. The zero-order valence-corrected chi connectivity index (χ0v) is 15.4. The van der Waals surface area contributed by atoms with Crippen LogP contribution in [0.1, 0.15) is 27.9 Å². The van der Waals surface area contributed by atoms with Crippen LogP contribution in [0.5, 0.6) is 17.2 Å². The van der Waals surface area contributed by atoms with Crippen LogP contribution in [0.3, 0.4) is 0 Å². The fourth-order valence-corrected chi connectivity index (χ4v) is 3.86. The van der Waals surface area contributed by atoms with Crippen LogP contribution in [0.4, 0.5) is 0 Å². The monoisotopic (exact) mass is 378 g/mol. The van der Waals surface area contributed by atoms with Crippen molar-refractivity contribution in [2.45, 2.75) is 19.5 Å². The second kappa shape index (κ2) is 8.02. The number of rotatable bonds is 4. The van der Waals surface area contributed by atoms with Crippen molar-refractivity contribution in [1.82, 2.24) is 9.80 Å². The molecule has 148 valence electrons. The number of hydrogen-bond donors (Lipinski definition) is 2. The lowest BCUT2D eigenvalue weighted by Crippen LogP contribution is -2.37. The number of carbonyl (C=O) groups excluding carboxylic acids is 1. The largest absolute Gasteiger partial charge is 0.507 e. The van der Waals surface area contributed by atoms with Crippen LogP contribution in [0, 0.1) is 0 Å². The van der Waals surface area contributed by atoms with E-state index in [0.717, 1.165) is 26.2 Å². The minimum atomic E-state index is -0.149. The lowest BCUT2D eigenvalue weighted by molar-refractivity contribution is 0.0321. The van der Waals surface area contributed by atoms with Crippen LogP contribution < -0.4 is 4.74 Å². The molecule has 1 aromatic rings. The van der Waals surface area contributed by atoms with E-state index in [0.29, 0.717) is 56.4 Å². The van der Waals surface area contributed by atoms with Gasteiger partial charge >= 0.3 is 0 Å². The van der Waals surface area contributed by atoms with Crippen molar-refractivity contribution in [1.29, 1.82) is 0 Å². The number of phenolic OH excluding ortho intramolecular Hbond substituents is 2. The van der Waals surface area contributed by atoms with E-state index in [-0.39, 0.29) is 35.9 Å². The van der Waals surface area contributed by atoms with Gasteiger partial charge in [0.05, 0.1) is 44.2 Å². The Morgan fingerprint density at radius 2 is 1.33 bits per heavy atom. The molecule has 3 heterocycles. The van der Waals surface area contributed by atoms with E-state index in [1.54, 1.807) is 0 Å². The molecule has 0 spiro atoms. The number of phenols is 2. The highest BCUT2D eigenvalue weighted by Gasteiger charge is 2.32. The molecule has 1 aromatic carbocycles. The van der Waals surface area contributed by atoms with Crippen molar-refractivity contribution in [3.05, 3.63) is 16.7 Å². The lowest BCUT2D eigenvalue weighted by Gasteiger charge is -2.31. The zero-order valence-electron chi connectivity index (χ0n) is 15.4. The highest BCUT2D eigenvalue weighted by atomic mass is 16.5. The van der Waals surface area contributed by atoms with E-state index in [2.05, 4.69) is 9.80 Å². The molecule has 27 heavy (non-hydrogen) atoms. The number of fused-ring (bicyclic) bond motifs is 1. The minimum absolute atomic E-state index is 0.0268. The molecule has 0 amide bonds. The summed E-state index contributed by atoms with van der Waals surface area (Å²) >= 11 is 0. The average Bonchev–Trinajstić information content (AvgIpc) is 2.70. The fraction of sp³-hybridized carbons (Fsp3) is 0.632. The SMILES string of the molecule is O=C1CCOc2c(CN3CCOCC3)c(O)c(CN3CCOCC3)c(O)c21. The van der Waals surface area contributed by atoms with E-state index in [1.807, 2.05) is 0 Å². The van der Waals surface area contributed by atoms with Crippen LogP contribution in [0.25, 0.3) is 0 Å². The van der Waals surface area contributed by atoms with Crippen LogP contribution in [-0.4, -0.2) is 85.0 Å². The summed E-state index contributed by atoms with van der Waals surface area (Å²) in [7, 11) is 0. The Kier molecular flexibility index (Phi) is 5.49. The summed E-state index contributed by atoms with van der Waals surface area (Å²) in [6.45, 7) is 6.57. The third kappa shape index (κ3) is 3.75. The van der Waals surface area contributed by atoms with Crippen LogP contribution in [0.2, 0.25) is 0 Å². The van der Waals surface area contributed by atoms with E-state index in [1.165, 1.54) is 0 Å². The first-order valence-electron chi connectivity index (χ1n) is 9.51. The van der Waals surface area contributed by atoms with Crippen molar-refractivity contribution in [2.24, 2.45) is 0 Å². The van der Waals surface area contributed by atoms with Crippen molar-refractivity contribution >= 4 is 5.78 Å². The standard InChI is InChI=1S/C19H26N2O6/c22-15-1-6-27-19-14(12-21-4-9-26-10-5-21)17(23)13(18(24)16(15)19)11-20-2-7-25-8-3-20/h23-24H,1-12H2. The van der Waals surface area contributed by atoms with E-state index < -0.39 is 0 Å². The number of nitrogens with zero attached hydrogens (tertiary/aromatic N) is 2. The molecule has 0 bridgehead atoms. The first kappa shape index (κ1) is 18.5. The predicted octanol–water partition coefficient (Wildman–Crippen LogP) is 0.727. The first-order valence-corrected chi connectivity index (χ1v) is 9.51. The van der Waals surface area contributed by atoms with Crippen molar-refractivity contribution in [2.75, 3.05) is 59.2 Å². The van der Waals surface area contributed by atoms with Crippen LogP contribution >= 0.6 is 0 Å². The molecule has 0 aromatic heterocycles. The van der Waals surface area contributed by atoms with Gasteiger partial charge in [-0.05, 0) is 0 Å². The van der Waals surface area contributed by atoms with Gasteiger partial charge in [0, 0.05) is 45.7 Å². The van der Waals surface area contributed by atoms with E-state index in [9.17, 15) is 15.0 Å². The smallest absolute Gasteiger partial charge is 0.173 e. The highest BCUT2D eigenvalue weighted by molar-refractivity contribution is 6.03. The van der Waals surface area contributed by atoms with Gasteiger partial charge in [0.15, 0.2) is 5.78 Å². The number of aromatic hydroxyl groups is 2. The Morgan fingerprint density at radius 3 is 1.93 bits per heavy atom. The maximum atomic E-state index is 12.5. The van der Waals surface area contributed by atoms with Gasteiger partial charge in [0.2, 0.25) is 0 Å². The van der Waals surface area contributed by atoms with Gasteiger partial charge in [-0.2, -0.15) is 0 Å². The molecular formula is C19H26N2O6. The molecular weight excluding hydrogens is 352 g/mol. The molecule has 3 aliphatic heterocycles. The molecule has 0 unspecified atom stereocenters. The maximum Gasteiger partial charge on any atom is 0.173 e. The summed E-state index contributed by atoms with van der Waals surface area (Å²) in [6, 6.07) is 0. The summed E-state index contributed by atoms with van der Waals surface area (Å²) in [5, 5.41) is 21.8. The second-order valence-electron chi connectivity index (χ2n) is 7.16. The Hall–Kier alpha value is -1.87. The molecule has 0 radical (unpaired) electrons. The molecule has 0 atom stereocenters. The summed E-state index contributed by atoms with van der Waals surface area (Å²) in [4.78, 5) is 16.8. The Morgan fingerprint density at radius 1 is 0.778 bits per heavy atom. The quantitative estimate of drug-likeness (QED) is 0.792. The number of ether oxygens (including phenoxy) is 3. The number of hydrogen-bond acceptors (Lipinski definition) is 8. The summed E-state index contributed by atoms with van der Waals surface area (Å²) in [5.74, 6) is 0.0713. The number of benzene rings is 1. The molecule has 2 saturated heterocycles. The second-order valence-corrected chi connectivity index (χ2v) is 7.16. The molecule has 4 rings (SSSR count). The first-order chi connectivity index (χ1) is 13.1. The van der Waals surface area contributed by atoms with Crippen LogP contribution in [0.15, 0.2) is 0 Å². The zero-order chi connectivity index (χ0) is 18.8. The van der Waals surface area contributed by atoms with Gasteiger partial charge in [-0.1, -0.05) is 0 Å². The average molecular weight is 378 g/mol. The predicted molar refractivity (Wildman–Crippen MR) is 96.4 cm³/mol. The molecule has 0 aliphatic carbocycles. The Labute approximate surface area is 158 Å². The van der Waals surface area contributed by atoms with Gasteiger partial charge in [-0.25, -0.2) is 0 Å². The number of Topliss-reactive ketones (excluding diaryl/α,β-unsaturated/α-hetero) is 1. The van der Waals surface area contributed by atoms with E-state index in [4.69, 9.17) is 14.2 Å². The van der Waals surface area contributed by atoms with Gasteiger partial charge in [0.25, 0.3) is 0 Å². The van der Waals surface area contributed by atoms with Gasteiger partial charge in [0.1, 0.15) is 22.8 Å². The molecule has 3 aliphatic rings. The van der Waals surface area contributed by atoms with Gasteiger partial charge in [-0.3, -0.25) is 14.6 Å². The van der Waals surface area contributed by atoms with Crippen molar-refractivity contribution in [3.63, 3.8) is 0 Å². The molecule has 8 heteroatoms. The summed E-state index contributed by atoms with van der Waals surface area (Å²) < 4.78 is 16.5. The number of carbonyl (C=O) groups is 1. The fourth-order valence-electron chi connectivity index (χ4n) is 3.86. The number of ketones is 1. The third-order valence-corrected chi connectivity index (χ3v) is 5.42. The third-order valence-electron chi connectivity index (χ3n) is 5.42. The topological polar surface area (TPSA) is 91.7 Å². The number of morpholine rings is 2. The maximum absolute atomic E-state index is 12.5. The van der Waals surface area contributed by atoms with Crippen molar-refractivity contribution < 1.29 is 29.2 Å². The molecule has 2 N–H and O–H groups in total. The molecule has 8 nitrogen and oxygen atoms in total. The van der Waals surface area contributed by atoms with Crippen molar-refractivity contribution in [3.8, 4) is 17.2 Å². The van der Waals surface area contributed by atoms with Gasteiger partial charge in [-0.15, -0.1) is 0 Å².